The van der Waals surface area contributed by atoms with Crippen LogP contribution in [0.3, 0.4) is 0 Å². The zero-order valence-corrected chi connectivity index (χ0v) is 16.0. The number of hydrogen-bond acceptors (Lipinski definition) is 4. The molecule has 0 bridgehead atoms. The third-order valence-corrected chi connectivity index (χ3v) is 4.96. The van der Waals surface area contributed by atoms with Gasteiger partial charge in [-0.2, -0.15) is 0 Å². The topological polar surface area (TPSA) is 68.0 Å². The van der Waals surface area contributed by atoms with Crippen molar-refractivity contribution in [3.63, 3.8) is 0 Å². The fourth-order valence-electron chi connectivity index (χ4n) is 3.10. The van der Waals surface area contributed by atoms with E-state index >= 15 is 0 Å². The van der Waals surface area contributed by atoms with Gasteiger partial charge in [0.2, 0.25) is 0 Å². The lowest BCUT2D eigenvalue weighted by atomic mass is 9.96. The molecule has 2 aromatic heterocycles. The molecule has 5 heteroatoms. The quantitative estimate of drug-likeness (QED) is 0.714. The largest absolute Gasteiger partial charge is 0.345 e. The summed E-state index contributed by atoms with van der Waals surface area (Å²) < 4.78 is 5.22. The number of nitrogens with zero attached hydrogens (tertiary/aromatic N) is 2. The van der Waals surface area contributed by atoms with Crippen LogP contribution >= 0.6 is 0 Å². The molecule has 26 heavy (non-hydrogen) atoms. The van der Waals surface area contributed by atoms with E-state index in [9.17, 15) is 4.79 Å². The fraction of sp³-hybridized carbons (Fsp3) is 0.381. The van der Waals surface area contributed by atoms with Crippen LogP contribution in [-0.4, -0.2) is 16.0 Å². The van der Waals surface area contributed by atoms with Crippen molar-refractivity contribution < 1.29 is 9.32 Å². The van der Waals surface area contributed by atoms with Gasteiger partial charge in [0.05, 0.1) is 22.7 Å². The van der Waals surface area contributed by atoms with E-state index in [4.69, 9.17) is 4.52 Å². The Morgan fingerprint density at radius 1 is 1.15 bits per heavy atom. The first-order chi connectivity index (χ1) is 12.4. The summed E-state index contributed by atoms with van der Waals surface area (Å²) in [5, 5.41) is 7.68. The van der Waals surface area contributed by atoms with E-state index in [-0.39, 0.29) is 11.9 Å². The van der Waals surface area contributed by atoms with Crippen molar-refractivity contribution in [3.05, 3.63) is 58.4 Å². The number of amides is 1. The number of pyridine rings is 1. The van der Waals surface area contributed by atoms with Crippen LogP contribution in [0.15, 0.2) is 34.9 Å². The van der Waals surface area contributed by atoms with Crippen LogP contribution in [-0.2, 0) is 0 Å². The zero-order valence-electron chi connectivity index (χ0n) is 16.0. The second kappa shape index (κ2) is 7.28. The molecule has 0 fully saturated rings. The minimum absolute atomic E-state index is 0.0998. The fourth-order valence-corrected chi connectivity index (χ4v) is 3.10. The Hall–Kier alpha value is -2.69. The maximum absolute atomic E-state index is 12.9. The number of fused-ring (bicyclic) bond motifs is 1. The number of benzene rings is 1. The predicted octanol–water partition coefficient (Wildman–Crippen LogP) is 4.84. The van der Waals surface area contributed by atoms with Gasteiger partial charge in [0.15, 0.2) is 0 Å². The van der Waals surface area contributed by atoms with E-state index in [1.54, 1.807) is 6.07 Å². The van der Waals surface area contributed by atoms with Gasteiger partial charge in [-0.3, -0.25) is 4.79 Å². The molecule has 2 heterocycles. The minimum atomic E-state index is -0.148. The molecular formula is C21H25N3O2. The highest BCUT2D eigenvalue weighted by Crippen LogP contribution is 2.24. The van der Waals surface area contributed by atoms with E-state index in [1.165, 1.54) is 5.56 Å². The molecule has 3 aromatic rings. The molecule has 2 atom stereocenters. The van der Waals surface area contributed by atoms with E-state index < -0.39 is 0 Å². The molecule has 0 aliphatic heterocycles. The molecule has 3 rings (SSSR count). The number of carbonyl (C=O) groups excluding carboxylic acids is 1. The normalized spacial score (nSPS) is 13.6. The van der Waals surface area contributed by atoms with Crippen molar-refractivity contribution in [2.24, 2.45) is 0 Å². The van der Waals surface area contributed by atoms with Gasteiger partial charge in [0.1, 0.15) is 0 Å². The number of aryl methyl sites for hydroxylation is 2. The summed E-state index contributed by atoms with van der Waals surface area (Å²) in [5.41, 5.74) is 4.75. The smallest absolute Gasteiger partial charge is 0.258 e. The Bertz CT molecular complexity index is 928. The molecular weight excluding hydrogens is 326 g/mol. The van der Waals surface area contributed by atoms with Crippen LogP contribution in [0.5, 0.6) is 0 Å². The number of aromatic nitrogens is 2. The third kappa shape index (κ3) is 3.47. The summed E-state index contributed by atoms with van der Waals surface area (Å²) in [6.45, 7) is 10.0. The van der Waals surface area contributed by atoms with Crippen molar-refractivity contribution in [2.45, 2.75) is 53.0 Å². The highest BCUT2D eigenvalue weighted by atomic mass is 16.5. The van der Waals surface area contributed by atoms with Crippen LogP contribution in [0.25, 0.3) is 11.1 Å². The van der Waals surface area contributed by atoms with Gasteiger partial charge in [0.25, 0.3) is 11.6 Å². The maximum Gasteiger partial charge on any atom is 0.258 e. The van der Waals surface area contributed by atoms with Crippen LogP contribution in [0.1, 0.15) is 72.0 Å². The van der Waals surface area contributed by atoms with Crippen LogP contribution < -0.4 is 5.32 Å². The molecule has 136 valence electrons. The third-order valence-electron chi connectivity index (χ3n) is 4.96. The summed E-state index contributed by atoms with van der Waals surface area (Å²) >= 11 is 0. The summed E-state index contributed by atoms with van der Waals surface area (Å²) in [6, 6.07) is 10.1. The van der Waals surface area contributed by atoms with E-state index in [0.717, 1.165) is 17.7 Å². The maximum atomic E-state index is 12.9. The first-order valence-electron chi connectivity index (χ1n) is 9.05. The molecule has 5 nitrogen and oxygen atoms in total. The average molecular weight is 351 g/mol. The van der Waals surface area contributed by atoms with Crippen LogP contribution in [0, 0.1) is 13.8 Å². The SMILES string of the molecule is CC[C@H](C)c1ccc([C@H](C)NC(=O)c2cc(C)nc3onc(C)c23)cc1. The molecule has 0 saturated heterocycles. The molecule has 1 aromatic carbocycles. The first-order valence-corrected chi connectivity index (χ1v) is 9.05. The molecule has 0 aliphatic rings. The lowest BCUT2D eigenvalue weighted by molar-refractivity contribution is 0.0941. The average Bonchev–Trinajstić information content (AvgIpc) is 3.01. The molecule has 0 unspecified atom stereocenters. The van der Waals surface area contributed by atoms with Crippen molar-refractivity contribution in [2.75, 3.05) is 0 Å². The van der Waals surface area contributed by atoms with E-state index in [2.05, 4.69) is 53.6 Å². The zero-order chi connectivity index (χ0) is 18.8. The molecule has 0 radical (unpaired) electrons. The lowest BCUT2D eigenvalue weighted by Crippen LogP contribution is -2.27. The second-order valence-corrected chi connectivity index (χ2v) is 6.93. The Balaban J connectivity index is 1.83. The van der Waals surface area contributed by atoms with Gasteiger partial charge < -0.3 is 9.84 Å². The van der Waals surface area contributed by atoms with Crippen molar-refractivity contribution in [1.82, 2.24) is 15.5 Å². The second-order valence-electron chi connectivity index (χ2n) is 6.93. The molecule has 1 N–H and O–H groups in total. The molecule has 1 amide bonds. The van der Waals surface area contributed by atoms with Gasteiger partial charge in [0, 0.05) is 5.69 Å². The Labute approximate surface area is 153 Å². The Kier molecular flexibility index (Phi) is 5.07. The van der Waals surface area contributed by atoms with Gasteiger partial charge >= 0.3 is 0 Å². The van der Waals surface area contributed by atoms with Crippen molar-refractivity contribution in [1.29, 1.82) is 0 Å². The van der Waals surface area contributed by atoms with E-state index in [0.29, 0.717) is 28.3 Å². The molecule has 0 saturated carbocycles. The van der Waals surface area contributed by atoms with Crippen LogP contribution in [0.4, 0.5) is 0 Å². The number of carbonyl (C=O) groups is 1. The molecule has 0 aliphatic carbocycles. The summed E-state index contributed by atoms with van der Waals surface area (Å²) in [5.74, 6) is 0.392. The minimum Gasteiger partial charge on any atom is -0.345 e. The van der Waals surface area contributed by atoms with E-state index in [1.807, 2.05) is 20.8 Å². The van der Waals surface area contributed by atoms with Gasteiger partial charge in [-0.25, -0.2) is 4.98 Å². The van der Waals surface area contributed by atoms with Gasteiger partial charge in [-0.15, -0.1) is 0 Å². The lowest BCUT2D eigenvalue weighted by Gasteiger charge is -2.16. The Morgan fingerprint density at radius 3 is 2.46 bits per heavy atom. The van der Waals surface area contributed by atoms with Crippen molar-refractivity contribution in [3.8, 4) is 0 Å². The summed E-state index contributed by atoms with van der Waals surface area (Å²) in [6.07, 6.45) is 1.11. The first kappa shape index (κ1) is 18.1. The van der Waals surface area contributed by atoms with Crippen molar-refractivity contribution >= 4 is 17.0 Å². The number of hydrogen-bond donors (Lipinski definition) is 1. The number of nitrogens with one attached hydrogen (secondary N) is 1. The highest BCUT2D eigenvalue weighted by Gasteiger charge is 2.19. The summed E-state index contributed by atoms with van der Waals surface area (Å²) in [4.78, 5) is 17.2. The monoisotopic (exact) mass is 351 g/mol. The summed E-state index contributed by atoms with van der Waals surface area (Å²) in [7, 11) is 0. The molecule has 0 spiro atoms. The van der Waals surface area contributed by atoms with Gasteiger partial charge in [-0.1, -0.05) is 43.3 Å². The van der Waals surface area contributed by atoms with Crippen LogP contribution in [0.2, 0.25) is 0 Å². The predicted molar refractivity (Wildman–Crippen MR) is 102 cm³/mol. The Morgan fingerprint density at radius 2 is 1.81 bits per heavy atom. The van der Waals surface area contributed by atoms with Gasteiger partial charge in [-0.05, 0) is 50.3 Å². The highest BCUT2D eigenvalue weighted by molar-refractivity contribution is 6.06. The number of rotatable bonds is 5. The standard InChI is InChI=1S/C21H25N3O2/c1-6-12(2)16-7-9-17(10-8-16)14(4)23-20(25)18-11-13(3)22-21-19(18)15(5)24-26-21/h7-12,14H,6H2,1-5H3,(H,23,25)/t12-,14-/m0/s1.